The number of hydrogen-bond donors (Lipinski definition) is 3. The number of nitrogens with one attached hydrogen (secondary N) is 1. The van der Waals surface area contributed by atoms with Gasteiger partial charge >= 0.3 is 5.97 Å². The van der Waals surface area contributed by atoms with Gasteiger partial charge in [0.2, 0.25) is 5.91 Å². The monoisotopic (exact) mass is 732 g/mol. The molecule has 5 aliphatic carbocycles. The van der Waals surface area contributed by atoms with E-state index in [1.807, 2.05) is 12.1 Å². The van der Waals surface area contributed by atoms with Gasteiger partial charge in [-0.25, -0.2) is 4.79 Å². The smallest absolute Gasteiger partial charge is 0.337 e. The second-order valence-electron chi connectivity index (χ2n) is 19.8. The predicted octanol–water partition coefficient (Wildman–Crippen LogP) is 9.20. The summed E-state index contributed by atoms with van der Waals surface area (Å²) in [6.45, 7) is 20.7. The Labute approximate surface area is 314 Å². The number of methoxy groups -OCH3 is 1. The van der Waals surface area contributed by atoms with Crippen molar-refractivity contribution >= 4 is 28.0 Å². The minimum atomic E-state index is -2.49. The number of allylic oxidation sites excluding steroid dienone is 3. The highest BCUT2D eigenvalue weighted by Crippen LogP contribution is 2.76. The number of rotatable bonds is 6. The Bertz CT molecular complexity index is 1690. The van der Waals surface area contributed by atoms with E-state index >= 15 is 0 Å². The molecule has 6 fully saturated rings. The second-order valence-corrected chi connectivity index (χ2v) is 22.3. The van der Waals surface area contributed by atoms with Gasteiger partial charge in [-0.05, 0) is 146 Å². The minimum absolute atomic E-state index is 0.00731. The molecule has 2 bridgehead atoms. The number of carbonyl (C=O) groups excluding carboxylic acids is 2. The van der Waals surface area contributed by atoms with Crippen molar-refractivity contribution in [1.29, 1.82) is 0 Å². The molecule has 2 heterocycles. The SMILES string of the molecule is C=C(C)[C@@H]1CC[C@]2(NC(=O)CN3C[C@@H]4C[C@H]3CS4(O)O)CC[C@]3(C)[C@H](CC[C@@H]4[C@@]5(C)CC=C(c6ccc(C(=O)OC)cc6)C(C)(C)[C@@H]5CC[C@]43C)C12. The number of nitrogens with zero attached hydrogens (tertiary/aromatic N) is 1. The van der Waals surface area contributed by atoms with Gasteiger partial charge in [0.15, 0.2) is 0 Å². The molecule has 8 rings (SSSR count). The lowest BCUT2D eigenvalue weighted by atomic mass is 9.33. The van der Waals surface area contributed by atoms with Gasteiger partial charge in [0, 0.05) is 18.1 Å². The maximum Gasteiger partial charge on any atom is 0.337 e. The maximum atomic E-state index is 14.0. The van der Waals surface area contributed by atoms with Gasteiger partial charge in [0.25, 0.3) is 0 Å². The number of fused-ring (bicyclic) bond motifs is 9. The summed E-state index contributed by atoms with van der Waals surface area (Å²) in [6.07, 6.45) is 13.7. The molecule has 2 saturated heterocycles. The number of ether oxygens (including phenoxy) is 1. The van der Waals surface area contributed by atoms with Crippen LogP contribution < -0.4 is 5.32 Å². The van der Waals surface area contributed by atoms with Crippen molar-refractivity contribution in [3.05, 3.63) is 53.6 Å². The van der Waals surface area contributed by atoms with E-state index in [4.69, 9.17) is 4.74 Å². The first-order chi connectivity index (χ1) is 24.4. The Kier molecular flexibility index (Phi) is 8.63. The largest absolute Gasteiger partial charge is 0.465 e. The highest BCUT2D eigenvalue weighted by Gasteiger charge is 2.70. The summed E-state index contributed by atoms with van der Waals surface area (Å²) in [5.74, 6) is 2.83. The first-order valence-electron chi connectivity index (χ1n) is 20.2. The van der Waals surface area contributed by atoms with E-state index in [2.05, 4.69) is 76.5 Å². The van der Waals surface area contributed by atoms with Crippen LogP contribution in [0, 0.1) is 51.2 Å². The summed E-state index contributed by atoms with van der Waals surface area (Å²) < 4.78 is 25.8. The molecular weight excluding hydrogens is 669 g/mol. The quantitative estimate of drug-likeness (QED) is 0.199. The lowest BCUT2D eigenvalue weighted by Crippen LogP contribution is -2.68. The molecule has 0 radical (unpaired) electrons. The van der Waals surface area contributed by atoms with Crippen molar-refractivity contribution in [2.45, 2.75) is 123 Å². The molecule has 52 heavy (non-hydrogen) atoms. The fourth-order valence-corrected chi connectivity index (χ4v) is 17.0. The topological polar surface area (TPSA) is 99.1 Å². The van der Waals surface area contributed by atoms with Crippen molar-refractivity contribution in [3.63, 3.8) is 0 Å². The van der Waals surface area contributed by atoms with Crippen molar-refractivity contribution in [1.82, 2.24) is 10.2 Å². The second kappa shape index (κ2) is 12.2. The summed E-state index contributed by atoms with van der Waals surface area (Å²) in [5.41, 5.74) is 4.91. The number of carbonyl (C=O) groups is 2. The first-order valence-corrected chi connectivity index (χ1v) is 22.0. The van der Waals surface area contributed by atoms with Crippen LogP contribution in [0.25, 0.3) is 5.57 Å². The molecule has 0 aromatic heterocycles. The Morgan fingerprint density at radius 1 is 0.962 bits per heavy atom. The van der Waals surface area contributed by atoms with E-state index in [1.54, 1.807) is 0 Å². The third-order valence-electron chi connectivity index (χ3n) is 17.5. The molecule has 11 atom stereocenters. The van der Waals surface area contributed by atoms with E-state index in [-0.39, 0.29) is 50.4 Å². The fraction of sp³-hybridized carbons (Fsp3) is 0.727. The number of likely N-dealkylation sites (tertiary alicyclic amines) is 1. The van der Waals surface area contributed by atoms with E-state index in [9.17, 15) is 18.7 Å². The third-order valence-corrected chi connectivity index (χ3v) is 19.7. The van der Waals surface area contributed by atoms with Crippen molar-refractivity contribution < 1.29 is 23.4 Å². The summed E-state index contributed by atoms with van der Waals surface area (Å²) in [4.78, 5) is 28.4. The number of amides is 1. The van der Waals surface area contributed by atoms with Crippen LogP contribution >= 0.6 is 10.6 Å². The molecule has 4 saturated carbocycles. The zero-order valence-corrected chi connectivity index (χ0v) is 33.6. The number of hydrogen-bond acceptors (Lipinski definition) is 6. The maximum absolute atomic E-state index is 14.0. The number of benzene rings is 1. The highest BCUT2D eigenvalue weighted by molar-refractivity contribution is 8.25. The highest BCUT2D eigenvalue weighted by atomic mass is 32.3. The van der Waals surface area contributed by atoms with Crippen LogP contribution in [-0.2, 0) is 9.53 Å². The van der Waals surface area contributed by atoms with Crippen LogP contribution in [0.5, 0.6) is 0 Å². The van der Waals surface area contributed by atoms with Crippen molar-refractivity contribution in [2.75, 3.05) is 26.0 Å². The summed E-state index contributed by atoms with van der Waals surface area (Å²) in [5, 5.41) is 3.67. The Morgan fingerprint density at radius 3 is 2.33 bits per heavy atom. The van der Waals surface area contributed by atoms with E-state index in [0.717, 1.165) is 38.5 Å². The summed E-state index contributed by atoms with van der Waals surface area (Å²) >= 11 is 0. The summed E-state index contributed by atoms with van der Waals surface area (Å²) in [6, 6.07) is 8.15. The van der Waals surface area contributed by atoms with Gasteiger partial charge in [-0.15, -0.1) is 0 Å². The van der Waals surface area contributed by atoms with Crippen molar-refractivity contribution in [3.8, 4) is 0 Å². The molecule has 286 valence electrons. The Hall–Kier alpha value is -2.13. The normalized spacial score (nSPS) is 44.7. The van der Waals surface area contributed by atoms with Gasteiger partial charge < -0.3 is 10.1 Å². The Morgan fingerprint density at radius 2 is 1.69 bits per heavy atom. The van der Waals surface area contributed by atoms with Crippen LogP contribution in [0.2, 0.25) is 0 Å². The van der Waals surface area contributed by atoms with Crippen molar-refractivity contribution in [2.24, 2.45) is 51.2 Å². The van der Waals surface area contributed by atoms with Crippen LogP contribution in [-0.4, -0.2) is 68.7 Å². The van der Waals surface area contributed by atoms with E-state index < -0.39 is 10.6 Å². The minimum Gasteiger partial charge on any atom is -0.465 e. The average Bonchev–Trinajstić information content (AvgIpc) is 3.75. The molecule has 0 spiro atoms. The molecular formula is C44H64N2O5S. The van der Waals surface area contributed by atoms with Crippen LogP contribution in [0.15, 0.2) is 42.5 Å². The van der Waals surface area contributed by atoms with Crippen LogP contribution in [0.3, 0.4) is 0 Å². The molecule has 1 unspecified atom stereocenters. The van der Waals surface area contributed by atoms with Gasteiger partial charge in [-0.1, -0.05) is 65.0 Å². The third kappa shape index (κ3) is 5.15. The molecule has 7 nitrogen and oxygen atoms in total. The lowest BCUT2D eigenvalue weighted by molar-refractivity contribution is -0.219. The first kappa shape index (κ1) is 36.8. The molecule has 8 heteroatoms. The molecule has 3 N–H and O–H groups in total. The van der Waals surface area contributed by atoms with Gasteiger partial charge in [-0.3, -0.25) is 18.8 Å². The zero-order chi connectivity index (χ0) is 37.2. The van der Waals surface area contributed by atoms with Crippen LogP contribution in [0.4, 0.5) is 0 Å². The lowest BCUT2D eigenvalue weighted by Gasteiger charge is -2.72. The van der Waals surface area contributed by atoms with Crippen LogP contribution in [0.1, 0.15) is 122 Å². The zero-order valence-electron chi connectivity index (χ0n) is 32.8. The Balaban J connectivity index is 1.06. The molecule has 1 amide bonds. The van der Waals surface area contributed by atoms with Gasteiger partial charge in [-0.2, -0.15) is 10.6 Å². The number of esters is 1. The molecule has 2 aliphatic heterocycles. The van der Waals surface area contributed by atoms with E-state index in [0.29, 0.717) is 54.0 Å². The summed E-state index contributed by atoms with van der Waals surface area (Å²) in [7, 11) is -1.06. The van der Waals surface area contributed by atoms with E-state index in [1.165, 1.54) is 49.5 Å². The van der Waals surface area contributed by atoms with Gasteiger partial charge in [0.1, 0.15) is 0 Å². The predicted molar refractivity (Wildman–Crippen MR) is 210 cm³/mol. The average molecular weight is 733 g/mol. The molecule has 1 aromatic carbocycles. The molecule has 1 aromatic rings. The van der Waals surface area contributed by atoms with Gasteiger partial charge in [0.05, 0.1) is 30.2 Å². The molecule has 7 aliphatic rings. The standard InChI is InChI=1S/C44H64N2O5S/c1-27(2)32-15-20-44(45-37(47)25-46-24-31-23-30(46)26-52(31,49)50)22-21-42(6)34(38(32)44)13-14-36-41(5)18-16-33(28-9-11-29(12-10-28)39(48)51-8)40(3,4)35(41)17-19-43(36,42)7/h9-12,16,30-32,34-36,38,49-50H,1,13-15,17-26H2,2-8H3,(H,45,47)/t30-,31-,32-,34+,35-,36+,38?,41-,42+,43+,44-/m0/s1. The fourth-order valence-electron chi connectivity index (χ4n) is 14.9.